The minimum Gasteiger partial charge on any atom is -0.467 e. The predicted octanol–water partition coefficient (Wildman–Crippen LogP) is 3.44. The summed E-state index contributed by atoms with van der Waals surface area (Å²) in [5.74, 6) is -0.248. The highest BCUT2D eigenvalue weighted by Crippen LogP contribution is 2.22. The average Bonchev–Trinajstić information content (AvgIpc) is 3.05. The maximum Gasteiger partial charge on any atom is 0.338 e. The summed E-state index contributed by atoms with van der Waals surface area (Å²) in [6.07, 6.45) is 0.654. The molecule has 2 aromatic rings. The van der Waals surface area contributed by atoms with Crippen LogP contribution < -0.4 is 5.32 Å². The summed E-state index contributed by atoms with van der Waals surface area (Å²) in [5, 5.41) is 2.66. The number of ether oxygens (including phenoxy) is 1. The summed E-state index contributed by atoms with van der Waals surface area (Å²) in [4.78, 5) is 24.1. The number of hydrogen-bond acceptors (Lipinski definition) is 4. The number of rotatable bonds is 5. The standard InChI is InChI=1S/C19H23NO4/c1-13(17(21)20-12-16-6-5-11-23-16)24-18(22)14-7-9-15(10-8-14)19(2,3)4/h5-11,13H,12H2,1-4H3,(H,20,21)/t13-/m1/s1. The highest BCUT2D eigenvalue weighted by molar-refractivity contribution is 5.92. The summed E-state index contributed by atoms with van der Waals surface area (Å²) in [6.45, 7) is 8.11. The predicted molar refractivity (Wildman–Crippen MR) is 90.6 cm³/mol. The van der Waals surface area contributed by atoms with Crippen LogP contribution in [0.5, 0.6) is 0 Å². The number of furan rings is 1. The fourth-order valence-corrected chi connectivity index (χ4v) is 2.12. The summed E-state index contributed by atoms with van der Waals surface area (Å²) in [7, 11) is 0. The van der Waals surface area contributed by atoms with E-state index in [4.69, 9.17) is 9.15 Å². The van der Waals surface area contributed by atoms with Crippen LogP contribution in [-0.4, -0.2) is 18.0 Å². The van der Waals surface area contributed by atoms with Crippen molar-refractivity contribution in [3.8, 4) is 0 Å². The number of amides is 1. The molecular formula is C19H23NO4. The first-order valence-electron chi connectivity index (χ1n) is 7.89. The van der Waals surface area contributed by atoms with E-state index in [2.05, 4.69) is 26.1 Å². The fraction of sp³-hybridized carbons (Fsp3) is 0.368. The first kappa shape index (κ1) is 17.8. The van der Waals surface area contributed by atoms with Gasteiger partial charge in [0.15, 0.2) is 6.10 Å². The average molecular weight is 329 g/mol. The largest absolute Gasteiger partial charge is 0.467 e. The zero-order valence-corrected chi connectivity index (χ0v) is 14.5. The van der Waals surface area contributed by atoms with E-state index in [1.165, 1.54) is 6.26 Å². The second kappa shape index (κ2) is 7.34. The number of esters is 1. The van der Waals surface area contributed by atoms with Gasteiger partial charge < -0.3 is 14.5 Å². The smallest absolute Gasteiger partial charge is 0.338 e. The molecule has 2 rings (SSSR count). The first-order valence-corrected chi connectivity index (χ1v) is 7.89. The Bertz CT molecular complexity index is 681. The van der Waals surface area contributed by atoms with Crippen LogP contribution in [-0.2, 0) is 21.5 Å². The molecule has 1 aromatic carbocycles. The van der Waals surface area contributed by atoms with E-state index in [0.717, 1.165) is 5.56 Å². The Balaban J connectivity index is 1.89. The van der Waals surface area contributed by atoms with Gasteiger partial charge in [0, 0.05) is 0 Å². The van der Waals surface area contributed by atoms with Gasteiger partial charge in [-0.3, -0.25) is 4.79 Å². The number of hydrogen-bond donors (Lipinski definition) is 1. The molecule has 5 heteroatoms. The molecule has 1 heterocycles. The van der Waals surface area contributed by atoms with Gasteiger partial charge in [0.05, 0.1) is 18.4 Å². The van der Waals surface area contributed by atoms with Crippen LogP contribution in [0.4, 0.5) is 0 Å². The van der Waals surface area contributed by atoms with Crippen molar-refractivity contribution in [3.05, 3.63) is 59.5 Å². The molecule has 1 atom stereocenters. The minimum atomic E-state index is -0.880. The Morgan fingerprint density at radius 1 is 1.17 bits per heavy atom. The maximum atomic E-state index is 12.1. The summed E-state index contributed by atoms with van der Waals surface area (Å²) in [5.41, 5.74) is 1.57. The van der Waals surface area contributed by atoms with Crippen molar-refractivity contribution in [1.29, 1.82) is 0 Å². The van der Waals surface area contributed by atoms with Crippen molar-refractivity contribution in [1.82, 2.24) is 5.32 Å². The van der Waals surface area contributed by atoms with E-state index in [9.17, 15) is 9.59 Å². The van der Waals surface area contributed by atoms with E-state index in [0.29, 0.717) is 11.3 Å². The van der Waals surface area contributed by atoms with Crippen LogP contribution in [0, 0.1) is 0 Å². The molecule has 128 valence electrons. The topological polar surface area (TPSA) is 68.5 Å². The SMILES string of the molecule is C[C@@H](OC(=O)c1ccc(C(C)(C)C)cc1)C(=O)NCc1ccco1. The molecule has 24 heavy (non-hydrogen) atoms. The molecule has 0 bridgehead atoms. The lowest BCUT2D eigenvalue weighted by atomic mass is 9.87. The minimum absolute atomic E-state index is 0.0153. The molecule has 0 saturated carbocycles. The Morgan fingerprint density at radius 2 is 1.83 bits per heavy atom. The van der Waals surface area contributed by atoms with Crippen molar-refractivity contribution < 1.29 is 18.7 Å². The van der Waals surface area contributed by atoms with Gasteiger partial charge in [0.25, 0.3) is 5.91 Å². The number of nitrogens with one attached hydrogen (secondary N) is 1. The summed E-state index contributed by atoms with van der Waals surface area (Å²) >= 11 is 0. The van der Waals surface area contributed by atoms with Gasteiger partial charge in [-0.2, -0.15) is 0 Å². The molecule has 1 aromatic heterocycles. The van der Waals surface area contributed by atoms with Crippen molar-refractivity contribution in [2.45, 2.75) is 45.8 Å². The highest BCUT2D eigenvalue weighted by atomic mass is 16.5. The van der Waals surface area contributed by atoms with Crippen molar-refractivity contribution in [3.63, 3.8) is 0 Å². The van der Waals surface area contributed by atoms with Gasteiger partial charge >= 0.3 is 5.97 Å². The van der Waals surface area contributed by atoms with Crippen LogP contribution in [0.3, 0.4) is 0 Å². The van der Waals surface area contributed by atoms with Gasteiger partial charge in [-0.25, -0.2) is 4.79 Å². The summed E-state index contributed by atoms with van der Waals surface area (Å²) in [6, 6.07) is 10.7. The van der Waals surface area contributed by atoms with E-state index >= 15 is 0 Å². The molecule has 0 aliphatic heterocycles. The molecule has 1 amide bonds. The fourth-order valence-electron chi connectivity index (χ4n) is 2.12. The maximum absolute atomic E-state index is 12.1. The third kappa shape index (κ3) is 4.72. The van der Waals surface area contributed by atoms with Gasteiger partial charge in [0.1, 0.15) is 5.76 Å². The molecule has 5 nitrogen and oxygen atoms in total. The lowest BCUT2D eigenvalue weighted by Crippen LogP contribution is -2.35. The van der Waals surface area contributed by atoms with E-state index in [1.54, 1.807) is 31.2 Å². The zero-order valence-electron chi connectivity index (χ0n) is 14.5. The van der Waals surface area contributed by atoms with Crippen molar-refractivity contribution in [2.75, 3.05) is 0 Å². The Morgan fingerprint density at radius 3 is 2.38 bits per heavy atom. The second-order valence-corrected chi connectivity index (χ2v) is 6.67. The molecule has 0 spiro atoms. The van der Waals surface area contributed by atoms with Crippen LogP contribution in [0.2, 0.25) is 0 Å². The second-order valence-electron chi connectivity index (χ2n) is 6.67. The monoisotopic (exact) mass is 329 g/mol. The van der Waals surface area contributed by atoms with E-state index in [-0.39, 0.29) is 17.9 Å². The third-order valence-electron chi connectivity index (χ3n) is 3.66. The molecule has 0 unspecified atom stereocenters. The Kier molecular flexibility index (Phi) is 5.44. The van der Waals surface area contributed by atoms with Gasteiger partial charge in [-0.1, -0.05) is 32.9 Å². The van der Waals surface area contributed by atoms with Crippen LogP contribution >= 0.6 is 0 Å². The molecule has 0 aliphatic carbocycles. The van der Waals surface area contributed by atoms with Gasteiger partial charge in [-0.15, -0.1) is 0 Å². The molecule has 1 N–H and O–H groups in total. The first-order chi connectivity index (χ1) is 11.3. The number of carbonyl (C=O) groups excluding carboxylic acids is 2. The van der Waals surface area contributed by atoms with Crippen molar-refractivity contribution >= 4 is 11.9 Å². The lowest BCUT2D eigenvalue weighted by molar-refractivity contribution is -0.129. The summed E-state index contributed by atoms with van der Waals surface area (Å²) < 4.78 is 10.3. The molecule has 0 aliphatic rings. The zero-order chi connectivity index (χ0) is 17.7. The third-order valence-corrected chi connectivity index (χ3v) is 3.66. The molecule has 0 saturated heterocycles. The van der Waals surface area contributed by atoms with Gasteiger partial charge in [-0.05, 0) is 42.2 Å². The van der Waals surface area contributed by atoms with Crippen LogP contribution in [0.25, 0.3) is 0 Å². The number of benzene rings is 1. The Labute approximate surface area is 142 Å². The Hall–Kier alpha value is -2.56. The van der Waals surface area contributed by atoms with E-state index < -0.39 is 12.1 Å². The number of carbonyl (C=O) groups is 2. The van der Waals surface area contributed by atoms with E-state index in [1.807, 2.05) is 12.1 Å². The normalized spacial score (nSPS) is 12.5. The molecule has 0 radical (unpaired) electrons. The molecule has 0 fully saturated rings. The van der Waals surface area contributed by atoms with Gasteiger partial charge in [0.2, 0.25) is 0 Å². The quantitative estimate of drug-likeness (QED) is 0.853. The van der Waals surface area contributed by atoms with Crippen LogP contribution in [0.15, 0.2) is 47.1 Å². The molecular weight excluding hydrogens is 306 g/mol. The van der Waals surface area contributed by atoms with Crippen LogP contribution in [0.1, 0.15) is 49.4 Å². The van der Waals surface area contributed by atoms with Crippen molar-refractivity contribution in [2.24, 2.45) is 0 Å². The lowest BCUT2D eigenvalue weighted by Gasteiger charge is -2.19. The highest BCUT2D eigenvalue weighted by Gasteiger charge is 2.20.